The van der Waals surface area contributed by atoms with Crippen molar-refractivity contribution in [3.8, 4) is 17.2 Å². The van der Waals surface area contributed by atoms with E-state index in [-0.39, 0.29) is 23.9 Å². The second-order valence-electron chi connectivity index (χ2n) is 6.71. The third-order valence-electron chi connectivity index (χ3n) is 4.66. The number of allylic oxidation sites excluding steroid dienone is 1. The lowest BCUT2D eigenvalue weighted by Crippen LogP contribution is -2.11. The molecule has 0 N–H and O–H groups in total. The van der Waals surface area contributed by atoms with Crippen LogP contribution in [0.2, 0.25) is 10.0 Å². The number of Topliss-reactive ketones (excluding diaryl/α,β-unsaturated/α-hetero) is 2. The zero-order chi connectivity index (χ0) is 22.0. The zero-order valence-electron chi connectivity index (χ0n) is 16.4. The molecule has 3 aromatic rings. The van der Waals surface area contributed by atoms with E-state index in [0.29, 0.717) is 44.0 Å². The van der Waals surface area contributed by atoms with Gasteiger partial charge in [0.2, 0.25) is 5.78 Å². The first-order chi connectivity index (χ1) is 14.9. The Balaban J connectivity index is 1.45. The van der Waals surface area contributed by atoms with Gasteiger partial charge >= 0.3 is 0 Å². The average Bonchev–Trinajstić information content (AvgIpc) is 3.09. The van der Waals surface area contributed by atoms with E-state index in [1.54, 1.807) is 73.8 Å². The summed E-state index contributed by atoms with van der Waals surface area (Å²) in [6.45, 7) is -0.148. The fourth-order valence-corrected chi connectivity index (χ4v) is 3.33. The fraction of sp³-hybridized carbons (Fsp3) is 0.0833. The first kappa shape index (κ1) is 21.0. The smallest absolute Gasteiger partial charge is 0.231 e. The van der Waals surface area contributed by atoms with Crippen LogP contribution < -0.4 is 14.2 Å². The molecule has 1 aliphatic rings. The van der Waals surface area contributed by atoms with E-state index in [0.717, 1.165) is 0 Å². The minimum atomic E-state index is -0.248. The van der Waals surface area contributed by atoms with Crippen LogP contribution in [-0.4, -0.2) is 25.3 Å². The summed E-state index contributed by atoms with van der Waals surface area (Å²) in [5.41, 5.74) is 1.62. The van der Waals surface area contributed by atoms with Crippen LogP contribution >= 0.6 is 23.2 Å². The predicted molar refractivity (Wildman–Crippen MR) is 119 cm³/mol. The summed E-state index contributed by atoms with van der Waals surface area (Å²) in [6, 6.07) is 16.6. The zero-order valence-corrected chi connectivity index (χ0v) is 17.9. The molecule has 1 aliphatic heterocycles. The summed E-state index contributed by atoms with van der Waals surface area (Å²) in [5, 5.41) is 0.813. The number of fused-ring (bicyclic) bond motifs is 1. The Labute approximate surface area is 188 Å². The predicted octanol–water partition coefficient (Wildman–Crippen LogP) is 5.88. The van der Waals surface area contributed by atoms with Crippen molar-refractivity contribution in [2.75, 3.05) is 13.7 Å². The van der Waals surface area contributed by atoms with E-state index in [4.69, 9.17) is 37.4 Å². The van der Waals surface area contributed by atoms with Gasteiger partial charge in [0.1, 0.15) is 17.2 Å². The Morgan fingerprint density at radius 2 is 1.71 bits per heavy atom. The number of hydrogen-bond donors (Lipinski definition) is 0. The SMILES string of the molecule is COc1ccc(C(=O)COc2ccc3c(c2)OC(=Cc2ccc(Cl)c(Cl)c2)C3=O)cc1. The number of benzene rings is 3. The van der Waals surface area contributed by atoms with Crippen molar-refractivity contribution >= 4 is 40.8 Å². The number of carbonyl (C=O) groups excluding carboxylic acids is 2. The highest BCUT2D eigenvalue weighted by Gasteiger charge is 2.28. The van der Waals surface area contributed by atoms with Gasteiger partial charge in [-0.05, 0) is 60.2 Å². The summed E-state index contributed by atoms with van der Waals surface area (Å²) in [6.07, 6.45) is 1.60. The van der Waals surface area contributed by atoms with Crippen LogP contribution in [0.5, 0.6) is 17.2 Å². The fourth-order valence-electron chi connectivity index (χ4n) is 3.02. The third-order valence-corrected chi connectivity index (χ3v) is 5.40. The summed E-state index contributed by atoms with van der Waals surface area (Å²) < 4.78 is 16.4. The standard InChI is InChI=1S/C24H16Cl2O5/c1-29-16-5-3-15(4-6-16)21(27)13-30-17-7-8-18-22(12-17)31-23(24(18)28)11-14-2-9-19(25)20(26)10-14/h2-12H,13H2,1H3. The molecular weight excluding hydrogens is 439 g/mol. The maximum atomic E-state index is 12.6. The van der Waals surface area contributed by atoms with Gasteiger partial charge in [-0.1, -0.05) is 29.3 Å². The third kappa shape index (κ3) is 4.58. The molecule has 0 radical (unpaired) electrons. The van der Waals surface area contributed by atoms with Crippen molar-refractivity contribution in [1.29, 1.82) is 0 Å². The molecule has 0 unspecified atom stereocenters. The van der Waals surface area contributed by atoms with E-state index < -0.39 is 0 Å². The average molecular weight is 455 g/mol. The topological polar surface area (TPSA) is 61.8 Å². The molecule has 1 heterocycles. The lowest BCUT2D eigenvalue weighted by molar-refractivity contribution is 0.0921. The van der Waals surface area contributed by atoms with Crippen molar-refractivity contribution in [3.05, 3.63) is 93.2 Å². The van der Waals surface area contributed by atoms with Crippen molar-refractivity contribution in [2.45, 2.75) is 0 Å². The molecule has 0 amide bonds. The molecule has 0 aliphatic carbocycles. The summed E-state index contributed by atoms with van der Waals surface area (Å²) in [5.74, 6) is 1.19. The van der Waals surface area contributed by atoms with Crippen LogP contribution in [-0.2, 0) is 0 Å². The Morgan fingerprint density at radius 1 is 0.968 bits per heavy atom. The largest absolute Gasteiger partial charge is 0.497 e. The monoisotopic (exact) mass is 454 g/mol. The number of ether oxygens (including phenoxy) is 3. The van der Waals surface area contributed by atoms with Gasteiger partial charge in [-0.2, -0.15) is 0 Å². The first-order valence-corrected chi connectivity index (χ1v) is 10.0. The number of hydrogen-bond acceptors (Lipinski definition) is 5. The quantitative estimate of drug-likeness (QED) is 0.343. The number of rotatable bonds is 6. The van der Waals surface area contributed by atoms with Crippen LogP contribution in [0.25, 0.3) is 6.08 Å². The molecule has 0 atom stereocenters. The van der Waals surface area contributed by atoms with Gasteiger partial charge in [0.05, 0.1) is 22.7 Å². The minimum absolute atomic E-state index is 0.148. The van der Waals surface area contributed by atoms with Gasteiger partial charge in [-0.25, -0.2) is 0 Å². The molecule has 0 saturated heterocycles. The van der Waals surface area contributed by atoms with Gasteiger partial charge < -0.3 is 14.2 Å². The van der Waals surface area contributed by atoms with Crippen LogP contribution in [0.3, 0.4) is 0 Å². The highest BCUT2D eigenvalue weighted by Crippen LogP contribution is 2.35. The van der Waals surface area contributed by atoms with Gasteiger partial charge in [-0.15, -0.1) is 0 Å². The molecule has 5 nitrogen and oxygen atoms in total. The molecule has 4 rings (SSSR count). The van der Waals surface area contributed by atoms with Crippen molar-refractivity contribution in [1.82, 2.24) is 0 Å². The van der Waals surface area contributed by atoms with E-state index in [2.05, 4.69) is 0 Å². The Kier molecular flexibility index (Phi) is 5.98. The van der Waals surface area contributed by atoms with Crippen LogP contribution in [0.4, 0.5) is 0 Å². The number of ketones is 2. The molecule has 0 bridgehead atoms. The molecule has 0 fully saturated rings. The Hall–Kier alpha value is -3.28. The van der Waals surface area contributed by atoms with E-state index >= 15 is 0 Å². The Bertz CT molecular complexity index is 1200. The van der Waals surface area contributed by atoms with E-state index in [9.17, 15) is 9.59 Å². The second-order valence-corrected chi connectivity index (χ2v) is 7.53. The molecular formula is C24H16Cl2O5. The lowest BCUT2D eigenvalue weighted by Gasteiger charge is -2.07. The highest BCUT2D eigenvalue weighted by atomic mass is 35.5. The van der Waals surface area contributed by atoms with Gasteiger partial charge in [0, 0.05) is 11.6 Å². The van der Waals surface area contributed by atoms with Crippen molar-refractivity contribution in [3.63, 3.8) is 0 Å². The number of carbonyl (C=O) groups is 2. The maximum absolute atomic E-state index is 12.6. The minimum Gasteiger partial charge on any atom is -0.497 e. The maximum Gasteiger partial charge on any atom is 0.231 e. The molecule has 0 aromatic heterocycles. The normalized spacial score (nSPS) is 13.6. The van der Waals surface area contributed by atoms with Crippen LogP contribution in [0, 0.1) is 0 Å². The molecule has 0 saturated carbocycles. The van der Waals surface area contributed by atoms with Crippen molar-refractivity contribution in [2.24, 2.45) is 0 Å². The van der Waals surface area contributed by atoms with Gasteiger partial charge in [0.25, 0.3) is 0 Å². The van der Waals surface area contributed by atoms with E-state index in [1.165, 1.54) is 0 Å². The van der Waals surface area contributed by atoms with Crippen LogP contribution in [0.15, 0.2) is 66.4 Å². The summed E-state index contributed by atoms with van der Waals surface area (Å²) in [7, 11) is 1.56. The summed E-state index contributed by atoms with van der Waals surface area (Å²) in [4.78, 5) is 24.9. The Morgan fingerprint density at radius 3 is 2.42 bits per heavy atom. The number of methoxy groups -OCH3 is 1. The van der Waals surface area contributed by atoms with Crippen molar-refractivity contribution < 1.29 is 23.8 Å². The molecule has 0 spiro atoms. The van der Waals surface area contributed by atoms with Gasteiger partial charge in [0.15, 0.2) is 18.1 Å². The molecule has 156 valence electrons. The summed E-state index contributed by atoms with van der Waals surface area (Å²) >= 11 is 12.0. The van der Waals surface area contributed by atoms with E-state index in [1.807, 2.05) is 0 Å². The second kappa shape index (κ2) is 8.84. The lowest BCUT2D eigenvalue weighted by atomic mass is 10.1. The number of halogens is 2. The molecule has 31 heavy (non-hydrogen) atoms. The molecule has 3 aromatic carbocycles. The highest BCUT2D eigenvalue weighted by molar-refractivity contribution is 6.42. The molecule has 7 heteroatoms. The van der Waals surface area contributed by atoms with Crippen LogP contribution in [0.1, 0.15) is 26.3 Å². The van der Waals surface area contributed by atoms with Gasteiger partial charge in [-0.3, -0.25) is 9.59 Å². The first-order valence-electron chi connectivity index (χ1n) is 9.28.